The van der Waals surface area contributed by atoms with Crippen LogP contribution in [0.5, 0.6) is 0 Å². The van der Waals surface area contributed by atoms with Crippen molar-refractivity contribution in [3.8, 4) is 6.07 Å². The van der Waals surface area contributed by atoms with Crippen LogP contribution in [0.15, 0.2) is 0 Å². The zero-order valence-corrected chi connectivity index (χ0v) is 8.08. The average molecular weight is 169 g/mol. The van der Waals surface area contributed by atoms with Crippen molar-refractivity contribution < 1.29 is 0 Å². The molecule has 0 saturated heterocycles. The monoisotopic (exact) mass is 169 g/mol. The predicted molar refractivity (Wildman–Crippen MR) is 49.5 cm³/mol. The van der Waals surface area contributed by atoms with Crippen LogP contribution >= 0.6 is 11.8 Å². The molecule has 11 heavy (non-hydrogen) atoms. The van der Waals surface area contributed by atoms with Gasteiger partial charge in [0.2, 0.25) is 0 Å². The number of rotatable bonds is 4. The van der Waals surface area contributed by atoms with Crippen LogP contribution in [0.25, 0.3) is 0 Å². The number of hydrogen-bond acceptors (Lipinski definition) is 2. The van der Waals surface area contributed by atoms with Crippen molar-refractivity contribution in [3.05, 3.63) is 0 Å². The van der Waals surface area contributed by atoms with Gasteiger partial charge in [-0.05, 0) is 30.9 Å². The van der Waals surface area contributed by atoms with Gasteiger partial charge in [-0.3, -0.25) is 0 Å². The SMILES string of the molecule is CSC(CC#N)CC1(C)CC1. The van der Waals surface area contributed by atoms with Crippen molar-refractivity contribution in [2.75, 3.05) is 6.26 Å². The molecule has 0 aliphatic heterocycles. The first-order valence-corrected chi connectivity index (χ1v) is 5.39. The van der Waals surface area contributed by atoms with Crippen LogP contribution in [0.1, 0.15) is 32.6 Å². The maximum absolute atomic E-state index is 8.52. The smallest absolute Gasteiger partial charge is 0.0633 e. The van der Waals surface area contributed by atoms with Gasteiger partial charge in [0.05, 0.1) is 6.07 Å². The lowest BCUT2D eigenvalue weighted by atomic mass is 10.0. The van der Waals surface area contributed by atoms with Crippen LogP contribution in [0.2, 0.25) is 0 Å². The molecule has 62 valence electrons. The molecule has 1 aliphatic rings. The maximum atomic E-state index is 8.52. The molecule has 1 fully saturated rings. The van der Waals surface area contributed by atoms with Crippen LogP contribution in [0.3, 0.4) is 0 Å². The molecule has 1 aliphatic carbocycles. The second-order valence-corrected chi connectivity index (χ2v) is 4.87. The summed E-state index contributed by atoms with van der Waals surface area (Å²) in [5, 5.41) is 9.10. The van der Waals surface area contributed by atoms with Gasteiger partial charge in [0, 0.05) is 11.7 Å². The Labute approximate surface area is 73.2 Å². The first-order chi connectivity index (χ1) is 5.20. The summed E-state index contributed by atoms with van der Waals surface area (Å²) in [5.74, 6) is 0. The Bertz CT molecular complexity index is 167. The standard InChI is InChI=1S/C9H15NS/c1-9(4-5-9)7-8(11-2)3-6-10/h8H,3-5,7H2,1-2H3. The fraction of sp³-hybridized carbons (Fsp3) is 0.889. The Morgan fingerprint density at radius 3 is 2.64 bits per heavy atom. The van der Waals surface area contributed by atoms with E-state index < -0.39 is 0 Å². The molecular formula is C9H15NS. The minimum absolute atomic E-state index is 0.576. The van der Waals surface area contributed by atoms with E-state index >= 15 is 0 Å². The molecular weight excluding hydrogens is 154 g/mol. The fourth-order valence-electron chi connectivity index (χ4n) is 1.31. The summed E-state index contributed by atoms with van der Waals surface area (Å²) in [4.78, 5) is 0. The third-order valence-corrected chi connectivity index (χ3v) is 3.48. The molecule has 2 heteroatoms. The van der Waals surface area contributed by atoms with E-state index in [0.29, 0.717) is 10.7 Å². The Morgan fingerprint density at radius 2 is 2.27 bits per heavy atom. The summed E-state index contributed by atoms with van der Waals surface area (Å²) in [7, 11) is 0. The van der Waals surface area contributed by atoms with Gasteiger partial charge >= 0.3 is 0 Å². The maximum Gasteiger partial charge on any atom is 0.0633 e. The predicted octanol–water partition coefficient (Wildman–Crippen LogP) is 2.82. The number of nitriles is 1. The van der Waals surface area contributed by atoms with E-state index in [1.54, 1.807) is 0 Å². The molecule has 1 saturated carbocycles. The third kappa shape index (κ3) is 2.75. The van der Waals surface area contributed by atoms with Gasteiger partial charge in [0.15, 0.2) is 0 Å². The van der Waals surface area contributed by atoms with Crippen LogP contribution in [-0.2, 0) is 0 Å². The molecule has 0 N–H and O–H groups in total. The van der Waals surface area contributed by atoms with Crippen LogP contribution in [0, 0.1) is 16.7 Å². The summed E-state index contributed by atoms with van der Waals surface area (Å²) in [5.41, 5.74) is 0.602. The van der Waals surface area contributed by atoms with E-state index in [-0.39, 0.29) is 0 Å². The van der Waals surface area contributed by atoms with Crippen molar-refractivity contribution in [3.63, 3.8) is 0 Å². The minimum atomic E-state index is 0.576. The lowest BCUT2D eigenvalue weighted by Gasteiger charge is -2.14. The largest absolute Gasteiger partial charge is 0.198 e. The second-order valence-electron chi connectivity index (χ2n) is 3.73. The molecule has 0 aromatic carbocycles. The molecule has 1 nitrogen and oxygen atoms in total. The molecule has 1 atom stereocenters. The summed E-state index contributed by atoms with van der Waals surface area (Å²) >= 11 is 1.84. The van der Waals surface area contributed by atoms with Crippen molar-refractivity contribution in [1.82, 2.24) is 0 Å². The Hall–Kier alpha value is -0.160. The summed E-state index contributed by atoms with van der Waals surface area (Å²) in [6.45, 7) is 2.33. The van der Waals surface area contributed by atoms with E-state index in [4.69, 9.17) is 5.26 Å². The Balaban J connectivity index is 2.27. The van der Waals surface area contributed by atoms with E-state index in [0.717, 1.165) is 6.42 Å². The molecule has 0 bridgehead atoms. The lowest BCUT2D eigenvalue weighted by Crippen LogP contribution is -2.07. The highest BCUT2D eigenvalue weighted by molar-refractivity contribution is 7.99. The van der Waals surface area contributed by atoms with Gasteiger partial charge in [-0.15, -0.1) is 0 Å². The second kappa shape index (κ2) is 3.49. The molecule has 0 spiro atoms. The highest BCUT2D eigenvalue weighted by atomic mass is 32.2. The van der Waals surface area contributed by atoms with Crippen molar-refractivity contribution >= 4 is 11.8 Å². The zero-order chi connectivity index (χ0) is 8.32. The number of hydrogen-bond donors (Lipinski definition) is 0. The van der Waals surface area contributed by atoms with E-state index in [2.05, 4.69) is 19.2 Å². The van der Waals surface area contributed by atoms with Crippen molar-refractivity contribution in [1.29, 1.82) is 5.26 Å². The Morgan fingerprint density at radius 1 is 1.64 bits per heavy atom. The van der Waals surface area contributed by atoms with Crippen LogP contribution in [0.4, 0.5) is 0 Å². The molecule has 1 unspecified atom stereocenters. The van der Waals surface area contributed by atoms with Gasteiger partial charge in [0.25, 0.3) is 0 Å². The highest BCUT2D eigenvalue weighted by Crippen LogP contribution is 2.50. The van der Waals surface area contributed by atoms with Crippen LogP contribution < -0.4 is 0 Å². The lowest BCUT2D eigenvalue weighted by molar-refractivity contribution is 0.508. The highest BCUT2D eigenvalue weighted by Gasteiger charge is 2.38. The normalized spacial score (nSPS) is 22.3. The van der Waals surface area contributed by atoms with Gasteiger partial charge in [-0.1, -0.05) is 6.92 Å². The quantitative estimate of drug-likeness (QED) is 0.646. The number of thioether (sulfide) groups is 1. The fourth-order valence-corrected chi connectivity index (χ4v) is 2.12. The molecule has 0 amide bonds. The molecule has 1 rings (SSSR count). The first kappa shape index (κ1) is 8.93. The van der Waals surface area contributed by atoms with E-state index in [1.807, 2.05) is 11.8 Å². The first-order valence-electron chi connectivity index (χ1n) is 4.10. The van der Waals surface area contributed by atoms with Crippen molar-refractivity contribution in [2.45, 2.75) is 37.9 Å². The van der Waals surface area contributed by atoms with Gasteiger partial charge in [-0.25, -0.2) is 0 Å². The third-order valence-electron chi connectivity index (χ3n) is 2.48. The molecule has 0 radical (unpaired) electrons. The Kier molecular flexibility index (Phi) is 2.84. The molecule has 0 aromatic rings. The minimum Gasteiger partial charge on any atom is -0.198 e. The topological polar surface area (TPSA) is 23.8 Å². The van der Waals surface area contributed by atoms with Gasteiger partial charge in [-0.2, -0.15) is 17.0 Å². The van der Waals surface area contributed by atoms with Gasteiger partial charge < -0.3 is 0 Å². The molecule has 0 heterocycles. The van der Waals surface area contributed by atoms with Gasteiger partial charge in [0.1, 0.15) is 0 Å². The average Bonchev–Trinajstić information content (AvgIpc) is 2.68. The van der Waals surface area contributed by atoms with E-state index in [9.17, 15) is 0 Å². The zero-order valence-electron chi connectivity index (χ0n) is 7.26. The van der Waals surface area contributed by atoms with Crippen molar-refractivity contribution in [2.24, 2.45) is 5.41 Å². The summed E-state index contributed by atoms with van der Waals surface area (Å²) in [6, 6.07) is 2.25. The molecule has 0 aromatic heterocycles. The summed E-state index contributed by atoms with van der Waals surface area (Å²) in [6.07, 6.45) is 6.80. The number of nitrogens with zero attached hydrogens (tertiary/aromatic N) is 1. The van der Waals surface area contributed by atoms with Crippen LogP contribution in [-0.4, -0.2) is 11.5 Å². The summed E-state index contributed by atoms with van der Waals surface area (Å²) < 4.78 is 0. The van der Waals surface area contributed by atoms with E-state index in [1.165, 1.54) is 19.3 Å².